The average Bonchev–Trinajstić information content (AvgIpc) is 3.19. The van der Waals surface area contributed by atoms with E-state index < -0.39 is 26.3 Å². The number of rotatable bonds is 20. The molecule has 0 amide bonds. The highest BCUT2D eigenvalue weighted by Crippen LogP contribution is 2.39. The Bertz CT molecular complexity index is 1890. The van der Waals surface area contributed by atoms with Gasteiger partial charge in [0.15, 0.2) is 8.32 Å². The molecule has 61 heavy (non-hydrogen) atoms. The Labute approximate surface area is 379 Å². The summed E-state index contributed by atoms with van der Waals surface area (Å²) in [6.45, 7) is 22.8. The fourth-order valence-corrected chi connectivity index (χ4v) is 6.94. The fraction of sp³-hybridized carbons (Fsp3) is 0.545. The minimum absolute atomic E-state index is 0.0569. The van der Waals surface area contributed by atoms with Gasteiger partial charge in [-0.15, -0.1) is 0 Å². The highest BCUT2D eigenvalue weighted by molar-refractivity contribution is 9.11. The number of benzene rings is 2. The molecule has 2 aromatic rings. The van der Waals surface area contributed by atoms with E-state index in [1.807, 2.05) is 27.7 Å². The summed E-state index contributed by atoms with van der Waals surface area (Å²) in [5, 5.41) is 31.4. The third-order valence-electron chi connectivity index (χ3n) is 9.90. The Morgan fingerprint density at radius 1 is 0.689 bits per heavy atom. The molecule has 342 valence electrons. The number of aliphatic hydroxyl groups is 3. The number of carbonyl (C=O) groups is 2. The summed E-state index contributed by atoms with van der Waals surface area (Å²) in [5.41, 5.74) is 0.384. The molecule has 0 fully saturated rings. The third-order valence-corrected chi connectivity index (χ3v) is 15.6. The molecule has 0 heterocycles. The number of halogens is 2. The average molecular weight is 1000 g/mol. The summed E-state index contributed by atoms with van der Waals surface area (Å²) in [6, 6.07) is 5.80. The van der Waals surface area contributed by atoms with Crippen molar-refractivity contribution in [2.24, 2.45) is 21.8 Å². The van der Waals surface area contributed by atoms with E-state index >= 15 is 0 Å². The van der Waals surface area contributed by atoms with Crippen LogP contribution in [0, 0.1) is 11.8 Å². The highest BCUT2D eigenvalue weighted by Gasteiger charge is 2.38. The number of hydrogen-bond donors (Lipinski definition) is 3. The number of hydrogen-bond acceptors (Lipinski definition) is 14. The van der Waals surface area contributed by atoms with E-state index in [0.717, 1.165) is 0 Å². The van der Waals surface area contributed by atoms with Gasteiger partial charge in [0, 0.05) is 24.6 Å². The predicted octanol–water partition coefficient (Wildman–Crippen LogP) is 9.80. The van der Waals surface area contributed by atoms with Crippen LogP contribution in [0.4, 0.5) is 0 Å². The summed E-state index contributed by atoms with van der Waals surface area (Å²) in [4.78, 5) is 34.0. The Balaban J connectivity index is 0.000000626. The first-order chi connectivity index (χ1) is 28.5. The number of nitrogens with zero attached hydrogens (tertiary/aromatic N) is 2. The molecule has 0 radical (unpaired) electrons. The summed E-state index contributed by atoms with van der Waals surface area (Å²) in [7, 11) is 3.99. The summed E-state index contributed by atoms with van der Waals surface area (Å²) in [6.07, 6.45) is 2.61. The van der Waals surface area contributed by atoms with Crippen molar-refractivity contribution in [3.63, 3.8) is 0 Å². The van der Waals surface area contributed by atoms with Gasteiger partial charge in [-0.3, -0.25) is 9.98 Å². The van der Waals surface area contributed by atoms with Crippen molar-refractivity contribution >= 4 is 76.1 Å². The first-order valence-electron chi connectivity index (χ1n) is 19.9. The van der Waals surface area contributed by atoms with Crippen LogP contribution >= 0.6 is 31.9 Å². The maximum atomic E-state index is 12.8. The van der Waals surface area contributed by atoms with Crippen molar-refractivity contribution in [1.82, 2.24) is 0 Å². The van der Waals surface area contributed by atoms with Gasteiger partial charge in [-0.25, -0.2) is 9.59 Å². The molecule has 0 spiro atoms. The largest absolute Gasteiger partial charge is 0.506 e. The maximum absolute atomic E-state index is 12.8. The normalized spacial score (nSPS) is 13.9. The SMILES string of the molecule is CCOC(=O)C(C=N[C@H](CO)C(C)C)=C(O)c1cc(Br)c(OC)cc1OC.CCOC(=O)C(C=N[C@H](CO[Si](C)(C)C(C)(C)C)C(C)C)=C(O)c1cc(Br)c(OC)cc1OC. The van der Waals surface area contributed by atoms with Gasteiger partial charge >= 0.3 is 11.9 Å². The molecular formula is C44H66Br2N2O12Si. The standard InChI is InChI=1S/C25H40BrNO6Si.C19H26BrNO6/c1-11-32-24(29)18(23(28)17-12-19(26)22(31-8)13-21(17)30-7)14-27-20(16(2)3)15-33-34(9,10)25(4,5)6;1-6-27-19(24)13(9-21-15(10-22)11(2)3)18(23)12-7-14(20)17(26-5)8-16(12)25-4/h12-14,16,20,28H,11,15H2,1-10H3;7-9,11,15,22-23H,6,10H2,1-5H3/t20-;15-/m11/s1. The first-order valence-corrected chi connectivity index (χ1v) is 24.3. The number of esters is 2. The van der Waals surface area contributed by atoms with Crippen LogP contribution < -0.4 is 18.9 Å². The molecule has 2 rings (SSSR count). The van der Waals surface area contributed by atoms with Crippen molar-refractivity contribution in [1.29, 1.82) is 0 Å². The molecule has 0 unspecified atom stereocenters. The van der Waals surface area contributed by atoms with Gasteiger partial charge in [0.1, 0.15) is 45.7 Å². The quantitative estimate of drug-likeness (QED) is 0.0376. The lowest BCUT2D eigenvalue weighted by atomic mass is 10.1. The second kappa shape index (κ2) is 25.9. The molecule has 0 aromatic heterocycles. The highest BCUT2D eigenvalue weighted by atomic mass is 79.9. The zero-order chi connectivity index (χ0) is 46.8. The van der Waals surface area contributed by atoms with Crippen molar-refractivity contribution in [3.05, 3.63) is 55.5 Å². The molecule has 3 N–H and O–H groups in total. The lowest BCUT2D eigenvalue weighted by Crippen LogP contribution is -2.43. The Hall–Kier alpha value is -3.90. The van der Waals surface area contributed by atoms with Crippen LogP contribution in [0.25, 0.3) is 11.5 Å². The molecule has 0 bridgehead atoms. The molecule has 0 aliphatic heterocycles. The summed E-state index contributed by atoms with van der Waals surface area (Å²) in [5.74, 6) is -0.137. The van der Waals surface area contributed by atoms with Crippen LogP contribution in [0.1, 0.15) is 73.4 Å². The fourth-order valence-electron chi connectivity index (χ4n) is 4.91. The molecule has 0 saturated carbocycles. The molecule has 0 aliphatic rings. The van der Waals surface area contributed by atoms with Crippen LogP contribution in [0.2, 0.25) is 18.1 Å². The predicted molar refractivity (Wildman–Crippen MR) is 251 cm³/mol. The van der Waals surface area contributed by atoms with E-state index in [9.17, 15) is 24.9 Å². The Morgan fingerprint density at radius 2 is 1.05 bits per heavy atom. The smallest absolute Gasteiger partial charge is 0.343 e. The van der Waals surface area contributed by atoms with Gasteiger partial charge in [-0.05, 0) is 87.8 Å². The molecule has 0 saturated heterocycles. The van der Waals surface area contributed by atoms with Gasteiger partial charge in [0.2, 0.25) is 0 Å². The molecule has 2 atom stereocenters. The van der Waals surface area contributed by atoms with Crippen molar-refractivity contribution in [3.8, 4) is 23.0 Å². The van der Waals surface area contributed by atoms with E-state index in [0.29, 0.717) is 44.1 Å². The first kappa shape index (κ1) is 55.1. The summed E-state index contributed by atoms with van der Waals surface area (Å²) >= 11 is 6.77. The van der Waals surface area contributed by atoms with Gasteiger partial charge in [0.05, 0.1) is 87.0 Å². The minimum atomic E-state index is -1.97. The van der Waals surface area contributed by atoms with Crippen LogP contribution in [0.15, 0.2) is 54.3 Å². The zero-order valence-corrected chi connectivity index (χ0v) is 42.4. The van der Waals surface area contributed by atoms with Crippen LogP contribution in [-0.2, 0) is 23.5 Å². The van der Waals surface area contributed by atoms with E-state index in [2.05, 4.69) is 75.7 Å². The molecule has 14 nitrogen and oxygen atoms in total. The third kappa shape index (κ3) is 16.1. The zero-order valence-electron chi connectivity index (χ0n) is 38.3. The molecule has 17 heteroatoms. The number of methoxy groups -OCH3 is 4. The van der Waals surface area contributed by atoms with Crippen LogP contribution in [0.3, 0.4) is 0 Å². The number of ether oxygens (including phenoxy) is 6. The maximum Gasteiger partial charge on any atom is 0.343 e. The van der Waals surface area contributed by atoms with E-state index in [-0.39, 0.29) is 71.0 Å². The van der Waals surface area contributed by atoms with E-state index in [1.165, 1.54) is 40.9 Å². The number of carbonyl (C=O) groups excluding carboxylic acids is 2. The van der Waals surface area contributed by atoms with Gasteiger partial charge in [-0.2, -0.15) is 0 Å². The van der Waals surface area contributed by atoms with Gasteiger partial charge in [-0.1, -0.05) is 48.5 Å². The lowest BCUT2D eigenvalue weighted by Gasteiger charge is -2.37. The van der Waals surface area contributed by atoms with Crippen molar-refractivity contribution in [2.75, 3.05) is 54.9 Å². The number of aliphatic hydroxyl groups excluding tert-OH is 3. The minimum Gasteiger partial charge on any atom is -0.506 e. The van der Waals surface area contributed by atoms with E-state index in [1.54, 1.807) is 38.1 Å². The van der Waals surface area contributed by atoms with Gasteiger partial charge < -0.3 is 48.2 Å². The lowest BCUT2D eigenvalue weighted by molar-refractivity contribution is -0.138. The summed E-state index contributed by atoms with van der Waals surface area (Å²) < 4.78 is 39.0. The Kier molecular flexibility index (Phi) is 23.4. The molecular weight excluding hydrogens is 936 g/mol. The topological polar surface area (TPSA) is 184 Å². The van der Waals surface area contributed by atoms with Gasteiger partial charge in [0.25, 0.3) is 0 Å². The molecule has 0 aliphatic carbocycles. The van der Waals surface area contributed by atoms with E-state index in [4.69, 9.17) is 32.8 Å². The monoisotopic (exact) mass is 1000 g/mol. The van der Waals surface area contributed by atoms with Crippen molar-refractivity contribution in [2.45, 2.75) is 92.5 Å². The number of aliphatic imine (C=N–C) groups is 2. The second-order valence-electron chi connectivity index (χ2n) is 15.8. The van der Waals surface area contributed by atoms with Crippen LogP contribution in [-0.4, -0.2) is 115 Å². The van der Waals surface area contributed by atoms with Crippen molar-refractivity contribution < 1.29 is 57.8 Å². The second-order valence-corrected chi connectivity index (χ2v) is 22.3. The molecule has 2 aromatic carbocycles. The Morgan fingerprint density at radius 3 is 1.34 bits per heavy atom. The van der Waals surface area contributed by atoms with Crippen LogP contribution in [0.5, 0.6) is 23.0 Å².